The second-order valence-electron chi connectivity index (χ2n) is 5.33. The Morgan fingerprint density at radius 2 is 1.15 bits per heavy atom. The Kier molecular flexibility index (Phi) is 8.20. The molecule has 2 nitrogen and oxygen atoms in total. The molecule has 0 saturated carbocycles. The average Bonchev–Trinajstić information content (AvgIpc) is 2.13. The monoisotopic (exact) mass is 440 g/mol. The van der Waals surface area contributed by atoms with Crippen LogP contribution in [0.2, 0.25) is 0 Å². The molecule has 0 aromatic heterocycles. The van der Waals surface area contributed by atoms with Crippen LogP contribution in [-0.4, -0.2) is 89.3 Å². The van der Waals surface area contributed by atoms with Gasteiger partial charge < -0.3 is 10.2 Å². The van der Waals surface area contributed by atoms with Gasteiger partial charge in [0.05, 0.1) is 6.10 Å². The van der Waals surface area contributed by atoms with Gasteiger partial charge in [-0.3, -0.25) is 0 Å². The van der Waals surface area contributed by atoms with Gasteiger partial charge in [0.25, 0.3) is 0 Å². The second kappa shape index (κ2) is 7.05. The molecule has 120 valence electrons. The van der Waals surface area contributed by atoms with Crippen molar-refractivity contribution in [3.63, 3.8) is 0 Å². The molecule has 0 aliphatic rings. The van der Waals surface area contributed by atoms with Crippen molar-refractivity contribution in [3.8, 4) is 0 Å². The van der Waals surface area contributed by atoms with Gasteiger partial charge in [0.1, 0.15) is 6.10 Å². The van der Waals surface area contributed by atoms with E-state index in [4.69, 9.17) is 5.11 Å². The molecular formula is C10H17BaF7O2. The number of rotatable bonds is 4. The molecule has 0 amide bonds. The van der Waals surface area contributed by atoms with Crippen molar-refractivity contribution < 1.29 is 40.9 Å². The fourth-order valence-corrected chi connectivity index (χ4v) is 1.11. The van der Waals surface area contributed by atoms with E-state index in [0.29, 0.717) is 0 Å². The molecule has 2 N–H and O–H groups in total. The van der Waals surface area contributed by atoms with Gasteiger partial charge in [0, 0.05) is 6.42 Å². The zero-order chi connectivity index (χ0) is 15.9. The van der Waals surface area contributed by atoms with E-state index in [1.807, 2.05) is 0 Å². The van der Waals surface area contributed by atoms with Crippen LogP contribution in [0.1, 0.15) is 27.2 Å². The Hall–Kier alpha value is 1.00. The molecule has 0 heterocycles. The van der Waals surface area contributed by atoms with E-state index >= 15 is 0 Å². The van der Waals surface area contributed by atoms with Gasteiger partial charge in [0.2, 0.25) is 0 Å². The standard InChI is InChI=1S/C10H15F7O2.Ba.2H/c1-7(2,3)5(18)4-6(19)8(11,12)9(13,14)10(15,16)17;;;/h5-6,18-19H,4H2,1-3H3;;;. The van der Waals surface area contributed by atoms with Crippen molar-refractivity contribution >= 4 is 48.9 Å². The van der Waals surface area contributed by atoms with E-state index in [1.54, 1.807) is 0 Å². The van der Waals surface area contributed by atoms with Crippen molar-refractivity contribution in [1.82, 2.24) is 0 Å². The first kappa shape index (κ1) is 23.3. The molecule has 2 atom stereocenters. The molecule has 0 radical (unpaired) electrons. The van der Waals surface area contributed by atoms with Crippen LogP contribution in [0.3, 0.4) is 0 Å². The first-order chi connectivity index (χ1) is 8.05. The molecule has 0 rings (SSSR count). The van der Waals surface area contributed by atoms with Gasteiger partial charge in [-0.15, -0.1) is 0 Å². The molecule has 2 unspecified atom stereocenters. The Bertz CT molecular complexity index is 312. The van der Waals surface area contributed by atoms with Crippen molar-refractivity contribution in [1.29, 1.82) is 0 Å². The number of aliphatic hydroxyl groups is 2. The predicted molar refractivity (Wildman–Crippen MR) is 60.6 cm³/mol. The van der Waals surface area contributed by atoms with Gasteiger partial charge in [0.15, 0.2) is 0 Å². The zero-order valence-corrected chi connectivity index (χ0v) is 10.4. The molecule has 20 heavy (non-hydrogen) atoms. The molecule has 0 bridgehead atoms. The number of aliphatic hydroxyl groups excluding tert-OH is 2. The molecule has 0 aromatic rings. The van der Waals surface area contributed by atoms with Crippen LogP contribution in [-0.2, 0) is 0 Å². The third-order valence-electron chi connectivity index (χ3n) is 2.64. The fraction of sp³-hybridized carbons (Fsp3) is 1.00. The summed E-state index contributed by atoms with van der Waals surface area (Å²) in [4.78, 5) is 0. The summed E-state index contributed by atoms with van der Waals surface area (Å²) < 4.78 is 86.8. The average molecular weight is 440 g/mol. The Morgan fingerprint density at radius 1 is 0.800 bits per heavy atom. The summed E-state index contributed by atoms with van der Waals surface area (Å²) in [6, 6.07) is 0. The summed E-state index contributed by atoms with van der Waals surface area (Å²) in [5.41, 5.74) is -1.05. The van der Waals surface area contributed by atoms with Gasteiger partial charge in [-0.1, -0.05) is 20.8 Å². The summed E-state index contributed by atoms with van der Waals surface area (Å²) >= 11 is 0. The third-order valence-corrected chi connectivity index (χ3v) is 2.64. The SMILES string of the molecule is CC(C)(C)C(O)CC(O)C(F)(F)C(F)(F)C(F)(F)F.[BaH2]. The van der Waals surface area contributed by atoms with Crippen molar-refractivity contribution in [2.75, 3.05) is 0 Å². The van der Waals surface area contributed by atoms with Crippen LogP contribution in [0.25, 0.3) is 0 Å². The van der Waals surface area contributed by atoms with Crippen LogP contribution < -0.4 is 0 Å². The van der Waals surface area contributed by atoms with Gasteiger partial charge >= 0.3 is 66.9 Å². The normalized spacial score (nSPS) is 17.4. The van der Waals surface area contributed by atoms with Crippen LogP contribution in [0.15, 0.2) is 0 Å². The quantitative estimate of drug-likeness (QED) is 0.520. The van der Waals surface area contributed by atoms with E-state index in [9.17, 15) is 35.8 Å². The first-order valence-electron chi connectivity index (χ1n) is 5.23. The van der Waals surface area contributed by atoms with E-state index in [1.165, 1.54) is 20.8 Å². The molecule has 0 aliphatic carbocycles. The maximum atomic E-state index is 13.0. The van der Waals surface area contributed by atoms with E-state index in [0.717, 1.165) is 0 Å². The summed E-state index contributed by atoms with van der Waals surface area (Å²) in [7, 11) is 0. The Labute approximate surface area is 151 Å². The molecule has 10 heteroatoms. The van der Waals surface area contributed by atoms with E-state index in [2.05, 4.69) is 0 Å². The molecular weight excluding hydrogens is 422 g/mol. The zero-order valence-electron chi connectivity index (χ0n) is 10.4. The predicted octanol–water partition coefficient (Wildman–Crippen LogP) is 2.06. The molecule has 0 aliphatic heterocycles. The molecule has 0 spiro atoms. The number of hydrogen-bond donors (Lipinski definition) is 2. The van der Waals surface area contributed by atoms with Crippen molar-refractivity contribution in [3.05, 3.63) is 0 Å². The van der Waals surface area contributed by atoms with Gasteiger partial charge in [-0.05, 0) is 5.41 Å². The van der Waals surface area contributed by atoms with Crippen LogP contribution in [0.5, 0.6) is 0 Å². The van der Waals surface area contributed by atoms with Crippen LogP contribution in [0.4, 0.5) is 30.7 Å². The first-order valence-corrected chi connectivity index (χ1v) is 5.23. The fourth-order valence-electron chi connectivity index (χ4n) is 1.11. The molecule has 0 fully saturated rings. The summed E-state index contributed by atoms with van der Waals surface area (Å²) in [5.74, 6) is -12.1. The summed E-state index contributed by atoms with van der Waals surface area (Å²) in [6.07, 6.45) is -12.8. The minimum absolute atomic E-state index is 0. The van der Waals surface area contributed by atoms with Crippen molar-refractivity contribution in [2.45, 2.75) is 57.4 Å². The summed E-state index contributed by atoms with van der Waals surface area (Å²) in [5, 5.41) is 18.3. The Morgan fingerprint density at radius 3 is 1.40 bits per heavy atom. The summed E-state index contributed by atoms with van der Waals surface area (Å²) in [6.45, 7) is 4.05. The number of hydrogen-bond acceptors (Lipinski definition) is 2. The third kappa shape index (κ3) is 5.03. The van der Waals surface area contributed by atoms with Crippen LogP contribution >= 0.6 is 0 Å². The van der Waals surface area contributed by atoms with E-state index in [-0.39, 0.29) is 48.9 Å². The number of alkyl halides is 7. The Balaban J connectivity index is 0. The van der Waals surface area contributed by atoms with Gasteiger partial charge in [-0.2, -0.15) is 30.7 Å². The number of halogens is 7. The van der Waals surface area contributed by atoms with Crippen LogP contribution in [0, 0.1) is 5.41 Å². The molecule has 0 saturated heterocycles. The van der Waals surface area contributed by atoms with Crippen molar-refractivity contribution in [2.24, 2.45) is 5.41 Å². The van der Waals surface area contributed by atoms with Gasteiger partial charge in [-0.25, -0.2) is 0 Å². The minimum atomic E-state index is -6.50. The molecule has 0 aromatic carbocycles. The van der Waals surface area contributed by atoms with E-state index < -0.39 is 42.1 Å². The topological polar surface area (TPSA) is 40.5 Å². The second-order valence-corrected chi connectivity index (χ2v) is 5.33. The maximum absolute atomic E-state index is 13.0.